The van der Waals surface area contributed by atoms with Crippen molar-refractivity contribution in [2.24, 2.45) is 0 Å². The molecule has 5 aromatic rings. The standard InChI is InChI=1S/C29H22O6/c1-18-24(33-15-7-10-19-8-4-3-5-9-19)14-13-21-22(17-26(30)34-27(18)21)23-16-20-11-6-12-25(32-2)28(20)35-29(23)31/h3-14,16-17H,15H2,1-2H3. The molecule has 0 N–H and O–H groups in total. The number of fused-ring (bicyclic) bond motifs is 2. The minimum absolute atomic E-state index is 0.266. The predicted octanol–water partition coefficient (Wildman–Crippen LogP) is 5.98. The molecule has 35 heavy (non-hydrogen) atoms. The van der Waals surface area contributed by atoms with E-state index in [-0.39, 0.29) is 5.56 Å². The number of rotatable bonds is 6. The van der Waals surface area contributed by atoms with Gasteiger partial charge in [0.2, 0.25) is 0 Å². The number of hydrogen-bond donors (Lipinski definition) is 0. The second kappa shape index (κ2) is 9.35. The fourth-order valence-corrected chi connectivity index (χ4v) is 4.07. The Morgan fingerprint density at radius 3 is 2.46 bits per heavy atom. The zero-order valence-electron chi connectivity index (χ0n) is 19.2. The SMILES string of the molecule is COc1cccc2cc(-c3cc(=O)oc4c(C)c(OCC=Cc5ccccc5)ccc34)c(=O)oc12. The lowest BCUT2D eigenvalue weighted by atomic mass is 10.0. The number of aryl methyl sites for hydroxylation is 1. The number of para-hydroxylation sites is 1. The maximum absolute atomic E-state index is 12.9. The molecule has 0 aliphatic heterocycles. The minimum Gasteiger partial charge on any atom is -0.493 e. The van der Waals surface area contributed by atoms with Crippen molar-refractivity contribution in [2.45, 2.75) is 6.92 Å². The molecular weight excluding hydrogens is 444 g/mol. The highest BCUT2D eigenvalue weighted by Crippen LogP contribution is 2.34. The maximum atomic E-state index is 12.9. The lowest BCUT2D eigenvalue weighted by molar-refractivity contribution is 0.360. The van der Waals surface area contributed by atoms with E-state index in [1.165, 1.54) is 13.2 Å². The first kappa shape index (κ1) is 22.2. The van der Waals surface area contributed by atoms with Gasteiger partial charge in [0.15, 0.2) is 11.3 Å². The predicted molar refractivity (Wildman–Crippen MR) is 136 cm³/mol. The monoisotopic (exact) mass is 466 g/mol. The van der Waals surface area contributed by atoms with Gasteiger partial charge < -0.3 is 18.3 Å². The summed E-state index contributed by atoms with van der Waals surface area (Å²) in [6.07, 6.45) is 3.89. The maximum Gasteiger partial charge on any atom is 0.344 e. The van der Waals surface area contributed by atoms with Crippen LogP contribution in [0.15, 0.2) is 97.3 Å². The Kier molecular flexibility index (Phi) is 5.94. The molecule has 6 heteroatoms. The summed E-state index contributed by atoms with van der Waals surface area (Å²) in [7, 11) is 1.51. The molecule has 3 aromatic carbocycles. The van der Waals surface area contributed by atoms with Crippen LogP contribution >= 0.6 is 0 Å². The quantitative estimate of drug-likeness (QED) is 0.287. The third kappa shape index (κ3) is 4.34. The van der Waals surface area contributed by atoms with Crippen molar-refractivity contribution in [3.63, 3.8) is 0 Å². The molecule has 2 aromatic heterocycles. The van der Waals surface area contributed by atoms with Gasteiger partial charge in [-0.2, -0.15) is 0 Å². The van der Waals surface area contributed by atoms with Crippen molar-refractivity contribution in [1.82, 2.24) is 0 Å². The van der Waals surface area contributed by atoms with Gasteiger partial charge in [-0.05, 0) is 42.8 Å². The zero-order valence-corrected chi connectivity index (χ0v) is 19.2. The molecule has 0 bridgehead atoms. The van der Waals surface area contributed by atoms with Crippen LogP contribution in [0.1, 0.15) is 11.1 Å². The molecule has 2 heterocycles. The summed E-state index contributed by atoms with van der Waals surface area (Å²) in [5.41, 5.74) is 2.03. The molecule has 0 saturated carbocycles. The molecule has 0 aliphatic rings. The molecule has 0 radical (unpaired) electrons. The van der Waals surface area contributed by atoms with Crippen LogP contribution in [-0.2, 0) is 0 Å². The van der Waals surface area contributed by atoms with Crippen molar-refractivity contribution in [3.05, 3.63) is 111 Å². The molecule has 0 spiro atoms. The van der Waals surface area contributed by atoms with Gasteiger partial charge in [0.05, 0.1) is 12.7 Å². The van der Waals surface area contributed by atoms with Gasteiger partial charge in [0, 0.05) is 28.0 Å². The van der Waals surface area contributed by atoms with Crippen molar-refractivity contribution in [1.29, 1.82) is 0 Å². The van der Waals surface area contributed by atoms with Crippen molar-refractivity contribution >= 4 is 28.0 Å². The van der Waals surface area contributed by atoms with E-state index in [1.54, 1.807) is 18.2 Å². The lowest BCUT2D eigenvalue weighted by Crippen LogP contribution is -2.07. The number of ether oxygens (including phenoxy) is 2. The minimum atomic E-state index is -0.571. The summed E-state index contributed by atoms with van der Waals surface area (Å²) in [6.45, 7) is 2.17. The molecule has 0 saturated heterocycles. The topological polar surface area (TPSA) is 78.9 Å². The third-order valence-corrected chi connectivity index (χ3v) is 5.79. The summed E-state index contributed by atoms with van der Waals surface area (Å²) in [5.74, 6) is 1.05. The Morgan fingerprint density at radius 2 is 1.66 bits per heavy atom. The Balaban J connectivity index is 1.54. The second-order valence-electron chi connectivity index (χ2n) is 7.99. The zero-order chi connectivity index (χ0) is 24.4. The van der Waals surface area contributed by atoms with Crippen LogP contribution in [0, 0.1) is 6.92 Å². The van der Waals surface area contributed by atoms with E-state index >= 15 is 0 Å². The van der Waals surface area contributed by atoms with Gasteiger partial charge in [-0.3, -0.25) is 0 Å². The third-order valence-electron chi connectivity index (χ3n) is 5.79. The summed E-state index contributed by atoms with van der Waals surface area (Å²) in [4.78, 5) is 25.4. The lowest BCUT2D eigenvalue weighted by Gasteiger charge is -2.12. The van der Waals surface area contributed by atoms with Crippen LogP contribution in [0.4, 0.5) is 0 Å². The molecule has 174 valence electrons. The summed E-state index contributed by atoms with van der Waals surface area (Å²) in [6, 6.07) is 21.9. The Labute approximate surface area is 200 Å². The Bertz CT molecular complexity index is 1680. The molecule has 0 unspecified atom stereocenters. The molecular formula is C29H22O6. The van der Waals surface area contributed by atoms with Crippen LogP contribution in [0.3, 0.4) is 0 Å². The number of hydrogen-bond acceptors (Lipinski definition) is 6. The average molecular weight is 466 g/mol. The number of methoxy groups -OCH3 is 1. The van der Waals surface area contributed by atoms with Gasteiger partial charge in [-0.1, -0.05) is 48.5 Å². The van der Waals surface area contributed by atoms with E-state index in [0.717, 1.165) is 5.56 Å². The first-order valence-electron chi connectivity index (χ1n) is 11.1. The van der Waals surface area contributed by atoms with E-state index < -0.39 is 11.3 Å². The number of benzene rings is 3. The van der Waals surface area contributed by atoms with Crippen LogP contribution in [0.5, 0.6) is 11.5 Å². The normalized spacial score (nSPS) is 11.4. The first-order chi connectivity index (χ1) is 17.0. The first-order valence-corrected chi connectivity index (χ1v) is 11.1. The van der Waals surface area contributed by atoms with Gasteiger partial charge >= 0.3 is 11.3 Å². The second-order valence-corrected chi connectivity index (χ2v) is 7.99. The fraction of sp³-hybridized carbons (Fsp3) is 0.103. The van der Waals surface area contributed by atoms with Gasteiger partial charge in [0.25, 0.3) is 0 Å². The van der Waals surface area contributed by atoms with Crippen molar-refractivity contribution in [3.8, 4) is 22.6 Å². The molecule has 6 nitrogen and oxygen atoms in total. The van der Waals surface area contributed by atoms with Crippen molar-refractivity contribution in [2.75, 3.05) is 13.7 Å². The van der Waals surface area contributed by atoms with Crippen LogP contribution in [-0.4, -0.2) is 13.7 Å². The molecule has 5 rings (SSSR count). The highest BCUT2D eigenvalue weighted by Gasteiger charge is 2.17. The van der Waals surface area contributed by atoms with E-state index in [1.807, 2.05) is 67.6 Å². The van der Waals surface area contributed by atoms with Gasteiger partial charge in [0.1, 0.15) is 17.9 Å². The molecule has 0 fully saturated rings. The molecule has 0 amide bonds. The smallest absolute Gasteiger partial charge is 0.344 e. The van der Waals surface area contributed by atoms with E-state index in [9.17, 15) is 9.59 Å². The average Bonchev–Trinajstić information content (AvgIpc) is 2.87. The van der Waals surface area contributed by atoms with E-state index in [0.29, 0.717) is 51.2 Å². The van der Waals surface area contributed by atoms with E-state index in [4.69, 9.17) is 18.3 Å². The van der Waals surface area contributed by atoms with Gasteiger partial charge in [-0.15, -0.1) is 0 Å². The van der Waals surface area contributed by atoms with E-state index in [2.05, 4.69) is 0 Å². The fourth-order valence-electron chi connectivity index (χ4n) is 4.07. The Hall–Kier alpha value is -4.58. The summed E-state index contributed by atoms with van der Waals surface area (Å²) < 4.78 is 22.3. The highest BCUT2D eigenvalue weighted by molar-refractivity contribution is 5.97. The molecule has 0 atom stereocenters. The van der Waals surface area contributed by atoms with Gasteiger partial charge in [-0.25, -0.2) is 9.59 Å². The highest BCUT2D eigenvalue weighted by atomic mass is 16.5. The van der Waals surface area contributed by atoms with Crippen LogP contribution < -0.4 is 20.7 Å². The molecule has 0 aliphatic carbocycles. The Morgan fingerprint density at radius 1 is 0.829 bits per heavy atom. The van der Waals surface area contributed by atoms with Crippen molar-refractivity contribution < 1.29 is 18.3 Å². The largest absolute Gasteiger partial charge is 0.493 e. The summed E-state index contributed by atoms with van der Waals surface area (Å²) >= 11 is 0. The summed E-state index contributed by atoms with van der Waals surface area (Å²) in [5, 5.41) is 1.30. The van der Waals surface area contributed by atoms with Crippen LogP contribution in [0.25, 0.3) is 39.1 Å². The van der Waals surface area contributed by atoms with Crippen LogP contribution in [0.2, 0.25) is 0 Å².